The van der Waals surface area contributed by atoms with Crippen LogP contribution in [0.2, 0.25) is 0 Å². The average Bonchev–Trinajstić information content (AvgIpc) is 2.15. The van der Waals surface area contributed by atoms with Gasteiger partial charge in [0, 0.05) is 5.57 Å². The first-order chi connectivity index (χ1) is 6.15. The van der Waals surface area contributed by atoms with Crippen LogP contribution in [-0.2, 0) is 9.59 Å². The average molecular weight is 188 g/mol. The molecule has 0 atom stereocenters. The van der Waals surface area contributed by atoms with Gasteiger partial charge in [-0.25, -0.2) is 11.0 Å². The lowest BCUT2D eigenvalue weighted by atomic mass is 10.1. The van der Waals surface area contributed by atoms with Gasteiger partial charge in [0.25, 0.3) is 5.91 Å². The maximum absolute atomic E-state index is 10.9. The first-order valence-electron chi connectivity index (χ1n) is 3.72. The third kappa shape index (κ3) is 4.24. The summed E-state index contributed by atoms with van der Waals surface area (Å²) in [5, 5.41) is 16.5. The molecule has 0 aromatic rings. The Morgan fingerprint density at radius 2 is 1.92 bits per heavy atom. The van der Waals surface area contributed by atoms with E-state index in [1.165, 1.54) is 17.0 Å². The van der Waals surface area contributed by atoms with Crippen molar-refractivity contribution >= 4 is 11.8 Å². The minimum Gasteiger partial charge on any atom is -0.289 e. The molecule has 0 rings (SSSR count). The van der Waals surface area contributed by atoms with Gasteiger partial charge in [0.05, 0.1) is 6.42 Å². The minimum atomic E-state index is -0.745. The number of hydroxylamine groups is 2. The maximum Gasteiger partial charge on any atom is 0.270 e. The molecule has 0 heterocycles. The summed E-state index contributed by atoms with van der Waals surface area (Å²) in [6.45, 7) is 1.78. The van der Waals surface area contributed by atoms with Crippen LogP contribution in [0.25, 0.3) is 0 Å². The number of allylic oxidation sites excluding steroid dienone is 1. The van der Waals surface area contributed by atoms with E-state index in [9.17, 15) is 9.59 Å². The lowest BCUT2D eigenvalue weighted by molar-refractivity contribution is -0.131. The smallest absolute Gasteiger partial charge is 0.270 e. The first-order valence-corrected chi connectivity index (χ1v) is 3.72. The van der Waals surface area contributed by atoms with Crippen LogP contribution < -0.4 is 11.0 Å². The number of amides is 2. The Morgan fingerprint density at radius 1 is 1.31 bits per heavy atom. The Morgan fingerprint density at radius 3 is 2.31 bits per heavy atom. The third-order valence-corrected chi connectivity index (χ3v) is 1.32. The van der Waals surface area contributed by atoms with E-state index in [4.69, 9.17) is 10.4 Å². The fourth-order valence-electron chi connectivity index (χ4n) is 0.776. The molecule has 0 aliphatic rings. The highest BCUT2D eigenvalue weighted by Gasteiger charge is 2.11. The number of hydrogen-bond acceptors (Lipinski definition) is 4. The number of rotatable bonds is 4. The zero-order chi connectivity index (χ0) is 10.3. The standard InChI is InChI=1S/C7H12N2O4/c1-2-3-5(7(11)9-13)4-6(10)8-12/h3,12-13H,2,4H2,1H3,(H,8,10)(H,9,11). The first kappa shape index (κ1) is 11.6. The number of carbonyl (C=O) groups is 2. The van der Waals surface area contributed by atoms with Crippen LogP contribution in [0.4, 0.5) is 0 Å². The number of carbonyl (C=O) groups excluding carboxylic acids is 2. The van der Waals surface area contributed by atoms with Gasteiger partial charge in [-0.1, -0.05) is 13.0 Å². The summed E-state index contributed by atoms with van der Waals surface area (Å²) >= 11 is 0. The number of nitrogens with one attached hydrogen (secondary N) is 2. The molecule has 6 nitrogen and oxygen atoms in total. The van der Waals surface area contributed by atoms with Crippen molar-refractivity contribution in [2.45, 2.75) is 19.8 Å². The summed E-state index contributed by atoms with van der Waals surface area (Å²) < 4.78 is 0. The van der Waals surface area contributed by atoms with Crippen molar-refractivity contribution in [2.24, 2.45) is 0 Å². The molecule has 0 aromatic heterocycles. The SMILES string of the molecule is CCC=C(CC(=O)NO)C(=O)NO. The van der Waals surface area contributed by atoms with Crippen molar-refractivity contribution < 1.29 is 20.0 Å². The van der Waals surface area contributed by atoms with Gasteiger partial charge in [-0.3, -0.25) is 20.0 Å². The molecule has 2 amide bonds. The highest BCUT2D eigenvalue weighted by molar-refractivity contribution is 5.97. The molecule has 6 heteroatoms. The molecule has 13 heavy (non-hydrogen) atoms. The summed E-state index contributed by atoms with van der Waals surface area (Å²) in [6, 6.07) is 0. The van der Waals surface area contributed by atoms with Crippen molar-refractivity contribution in [3.05, 3.63) is 11.6 Å². The maximum atomic E-state index is 10.9. The van der Waals surface area contributed by atoms with E-state index in [0.29, 0.717) is 6.42 Å². The predicted molar refractivity (Wildman–Crippen MR) is 42.8 cm³/mol. The van der Waals surface area contributed by atoms with Crippen LogP contribution in [0.3, 0.4) is 0 Å². The molecule has 0 spiro atoms. The fourth-order valence-corrected chi connectivity index (χ4v) is 0.776. The van der Waals surface area contributed by atoms with Crippen LogP contribution in [-0.4, -0.2) is 22.2 Å². The molecule has 0 radical (unpaired) electrons. The van der Waals surface area contributed by atoms with E-state index in [1.54, 1.807) is 6.92 Å². The van der Waals surface area contributed by atoms with Gasteiger partial charge in [0.1, 0.15) is 0 Å². The topological polar surface area (TPSA) is 98.7 Å². The zero-order valence-corrected chi connectivity index (χ0v) is 7.20. The molecule has 74 valence electrons. The Labute approximate surface area is 75.2 Å². The van der Waals surface area contributed by atoms with E-state index < -0.39 is 11.8 Å². The van der Waals surface area contributed by atoms with Crippen molar-refractivity contribution in [3.8, 4) is 0 Å². The van der Waals surface area contributed by atoms with E-state index in [0.717, 1.165) is 0 Å². The summed E-state index contributed by atoms with van der Waals surface area (Å²) in [4.78, 5) is 21.5. The number of hydrogen-bond donors (Lipinski definition) is 4. The molecule has 0 fully saturated rings. The van der Waals surface area contributed by atoms with Crippen LogP contribution >= 0.6 is 0 Å². The molecule has 4 N–H and O–H groups in total. The lowest BCUT2D eigenvalue weighted by Crippen LogP contribution is -2.26. The van der Waals surface area contributed by atoms with Crippen molar-refractivity contribution in [1.82, 2.24) is 11.0 Å². The second kappa shape index (κ2) is 6.15. The van der Waals surface area contributed by atoms with Gasteiger partial charge >= 0.3 is 0 Å². The molecule has 0 saturated carbocycles. The molecule has 0 bridgehead atoms. The molecule has 0 saturated heterocycles. The summed E-state index contributed by atoms with van der Waals surface area (Å²) in [6.07, 6.45) is 1.78. The lowest BCUT2D eigenvalue weighted by Gasteiger charge is -2.02. The minimum absolute atomic E-state index is 0.108. The van der Waals surface area contributed by atoms with Gasteiger partial charge in [-0.05, 0) is 6.42 Å². The molecular weight excluding hydrogens is 176 g/mol. The van der Waals surface area contributed by atoms with Gasteiger partial charge < -0.3 is 0 Å². The van der Waals surface area contributed by atoms with Crippen LogP contribution in [0, 0.1) is 0 Å². The van der Waals surface area contributed by atoms with Gasteiger partial charge in [-0.2, -0.15) is 0 Å². The van der Waals surface area contributed by atoms with Crippen LogP contribution in [0.5, 0.6) is 0 Å². The van der Waals surface area contributed by atoms with Gasteiger partial charge in [0.2, 0.25) is 5.91 Å². The predicted octanol–water partition coefficient (Wildman–Crippen LogP) is -0.276. The fraction of sp³-hybridized carbons (Fsp3) is 0.429. The van der Waals surface area contributed by atoms with Crippen LogP contribution in [0.15, 0.2) is 11.6 Å². The third-order valence-electron chi connectivity index (χ3n) is 1.32. The molecular formula is C7H12N2O4. The van der Waals surface area contributed by atoms with Crippen molar-refractivity contribution in [3.63, 3.8) is 0 Å². The van der Waals surface area contributed by atoms with E-state index in [-0.39, 0.29) is 12.0 Å². The molecule has 0 aliphatic carbocycles. The Bertz CT molecular complexity index is 225. The highest BCUT2D eigenvalue weighted by Crippen LogP contribution is 2.02. The molecule has 0 unspecified atom stereocenters. The second-order valence-corrected chi connectivity index (χ2v) is 2.29. The Hall–Kier alpha value is -1.40. The monoisotopic (exact) mass is 188 g/mol. The van der Waals surface area contributed by atoms with Crippen molar-refractivity contribution in [1.29, 1.82) is 0 Å². The normalized spacial score (nSPS) is 10.8. The summed E-state index contributed by atoms with van der Waals surface area (Å²) in [5.74, 6) is -1.45. The zero-order valence-electron chi connectivity index (χ0n) is 7.20. The van der Waals surface area contributed by atoms with E-state index in [1.807, 2.05) is 0 Å². The van der Waals surface area contributed by atoms with Gasteiger partial charge in [0.15, 0.2) is 0 Å². The summed E-state index contributed by atoms with van der Waals surface area (Å²) in [7, 11) is 0. The summed E-state index contributed by atoms with van der Waals surface area (Å²) in [5.41, 5.74) is 2.91. The quantitative estimate of drug-likeness (QED) is 0.277. The largest absolute Gasteiger partial charge is 0.289 e. The highest BCUT2D eigenvalue weighted by atomic mass is 16.5. The Kier molecular flexibility index (Phi) is 5.49. The molecule has 0 aromatic carbocycles. The van der Waals surface area contributed by atoms with E-state index in [2.05, 4.69) is 0 Å². The Balaban J connectivity index is 4.36. The second-order valence-electron chi connectivity index (χ2n) is 2.29. The van der Waals surface area contributed by atoms with Gasteiger partial charge in [-0.15, -0.1) is 0 Å². The van der Waals surface area contributed by atoms with Crippen molar-refractivity contribution in [2.75, 3.05) is 0 Å². The van der Waals surface area contributed by atoms with Crippen LogP contribution in [0.1, 0.15) is 19.8 Å². The molecule has 0 aliphatic heterocycles. The van der Waals surface area contributed by atoms with E-state index >= 15 is 0 Å².